The molecule has 0 heterocycles. The van der Waals surface area contributed by atoms with Crippen molar-refractivity contribution in [1.82, 2.24) is 0 Å². The lowest BCUT2D eigenvalue weighted by Crippen LogP contribution is -1.92. The van der Waals surface area contributed by atoms with E-state index >= 15 is 0 Å². The molecule has 0 fully saturated rings. The van der Waals surface area contributed by atoms with E-state index in [1.807, 2.05) is 0 Å². The molecule has 0 amide bonds. The molecule has 0 unspecified atom stereocenters. The third kappa shape index (κ3) is 3.50. The van der Waals surface area contributed by atoms with Crippen LogP contribution in [0, 0.1) is 0 Å². The quantitative estimate of drug-likeness (QED) is 0.355. The van der Waals surface area contributed by atoms with Crippen molar-refractivity contribution in [3.05, 3.63) is 132 Å². The maximum Gasteiger partial charge on any atom is -0.00992 e. The highest BCUT2D eigenvalue weighted by Gasteiger charge is 2.11. The first kappa shape index (κ1) is 16.1. The van der Waals surface area contributed by atoms with Crippen LogP contribution >= 0.6 is 0 Å². The van der Waals surface area contributed by atoms with Crippen molar-refractivity contribution in [2.75, 3.05) is 0 Å². The van der Waals surface area contributed by atoms with Crippen LogP contribution in [0.1, 0.15) is 16.7 Å². The minimum absolute atomic E-state index is 1.20. The van der Waals surface area contributed by atoms with Crippen molar-refractivity contribution < 1.29 is 0 Å². The Morgan fingerprint density at radius 3 is 1.73 bits per heavy atom. The molecule has 0 radical (unpaired) electrons. The van der Waals surface area contributed by atoms with Gasteiger partial charge in [0.15, 0.2) is 0 Å². The van der Waals surface area contributed by atoms with Gasteiger partial charge in [0.05, 0.1) is 0 Å². The zero-order chi connectivity index (χ0) is 17.6. The van der Waals surface area contributed by atoms with Crippen LogP contribution in [0.4, 0.5) is 0 Å². The van der Waals surface area contributed by atoms with Crippen molar-refractivity contribution in [3.63, 3.8) is 0 Å². The smallest absolute Gasteiger partial charge is 0.00992 e. The van der Waals surface area contributed by atoms with Gasteiger partial charge in [-0.3, -0.25) is 0 Å². The third-order valence-electron chi connectivity index (χ3n) is 4.50. The maximum absolute atomic E-state index is 2.27. The van der Waals surface area contributed by atoms with Crippen LogP contribution < -0.4 is 0 Å². The van der Waals surface area contributed by atoms with Gasteiger partial charge >= 0.3 is 0 Å². The zero-order valence-corrected chi connectivity index (χ0v) is 14.5. The minimum atomic E-state index is 1.20. The lowest BCUT2D eigenvalue weighted by Gasteiger charge is -2.14. The van der Waals surface area contributed by atoms with E-state index in [2.05, 4.69) is 121 Å². The summed E-state index contributed by atoms with van der Waals surface area (Å²) in [6.45, 7) is 0. The van der Waals surface area contributed by atoms with Gasteiger partial charge < -0.3 is 0 Å². The van der Waals surface area contributed by atoms with E-state index in [1.165, 1.54) is 33.4 Å². The highest BCUT2D eigenvalue weighted by molar-refractivity contribution is 5.96. The van der Waals surface area contributed by atoms with Crippen molar-refractivity contribution >= 4 is 11.6 Å². The monoisotopic (exact) mass is 332 g/mol. The Morgan fingerprint density at radius 1 is 0.500 bits per heavy atom. The van der Waals surface area contributed by atoms with E-state index in [9.17, 15) is 0 Å². The van der Waals surface area contributed by atoms with Crippen LogP contribution in [0.3, 0.4) is 0 Å². The SMILES string of the molecule is C(=C(\c1ccccc1)c1ccccc1-c1ccccc1)/c1ccccc1. The molecule has 4 rings (SSSR count). The van der Waals surface area contributed by atoms with Gasteiger partial charge in [-0.25, -0.2) is 0 Å². The number of hydrogen-bond acceptors (Lipinski definition) is 0. The second-order valence-electron chi connectivity index (χ2n) is 6.25. The highest BCUT2D eigenvalue weighted by atomic mass is 14.1. The third-order valence-corrected chi connectivity index (χ3v) is 4.50. The Kier molecular flexibility index (Phi) is 4.75. The summed E-state index contributed by atoms with van der Waals surface area (Å²) in [4.78, 5) is 0. The molecule has 26 heavy (non-hydrogen) atoms. The Labute approximate surface area is 155 Å². The summed E-state index contributed by atoms with van der Waals surface area (Å²) < 4.78 is 0. The molecule has 0 aliphatic heterocycles. The Bertz CT molecular complexity index is 997. The van der Waals surface area contributed by atoms with Crippen LogP contribution in [0.25, 0.3) is 22.8 Å². The number of rotatable bonds is 4. The van der Waals surface area contributed by atoms with Crippen molar-refractivity contribution in [2.45, 2.75) is 0 Å². The summed E-state index contributed by atoms with van der Waals surface area (Å²) in [5, 5.41) is 0. The second kappa shape index (κ2) is 7.67. The molecule has 4 aromatic rings. The predicted molar refractivity (Wildman–Crippen MR) is 112 cm³/mol. The fourth-order valence-electron chi connectivity index (χ4n) is 3.24. The molecule has 0 spiro atoms. The Morgan fingerprint density at radius 2 is 1.04 bits per heavy atom. The van der Waals surface area contributed by atoms with Crippen LogP contribution in [-0.4, -0.2) is 0 Å². The van der Waals surface area contributed by atoms with Gasteiger partial charge in [-0.15, -0.1) is 0 Å². The summed E-state index contributed by atoms with van der Waals surface area (Å²) in [6.07, 6.45) is 2.27. The second-order valence-corrected chi connectivity index (χ2v) is 6.25. The van der Waals surface area contributed by atoms with E-state index in [0.29, 0.717) is 0 Å². The largest absolute Gasteiger partial charge is 0.0622 e. The first-order valence-electron chi connectivity index (χ1n) is 8.89. The summed E-state index contributed by atoms with van der Waals surface area (Å²) in [5.74, 6) is 0. The fourth-order valence-corrected chi connectivity index (χ4v) is 3.24. The molecule has 0 saturated heterocycles. The van der Waals surface area contributed by atoms with Crippen molar-refractivity contribution in [1.29, 1.82) is 0 Å². The van der Waals surface area contributed by atoms with Crippen molar-refractivity contribution in [3.8, 4) is 11.1 Å². The molecule has 0 saturated carbocycles. The topological polar surface area (TPSA) is 0 Å². The van der Waals surface area contributed by atoms with E-state index in [4.69, 9.17) is 0 Å². The standard InChI is InChI=1S/C26H20/c1-4-12-21(13-5-1)20-26(23-16-8-3-9-17-23)25-19-11-10-18-24(25)22-14-6-2-7-15-22/h1-20H/b26-20-. The van der Waals surface area contributed by atoms with Crippen LogP contribution in [0.2, 0.25) is 0 Å². The van der Waals surface area contributed by atoms with Crippen molar-refractivity contribution in [2.24, 2.45) is 0 Å². The molecule has 0 atom stereocenters. The molecule has 0 nitrogen and oxygen atoms in total. The molecule has 0 aliphatic rings. The van der Waals surface area contributed by atoms with Gasteiger partial charge in [0.25, 0.3) is 0 Å². The normalized spacial score (nSPS) is 11.3. The van der Waals surface area contributed by atoms with Gasteiger partial charge in [0.2, 0.25) is 0 Å². The lowest BCUT2D eigenvalue weighted by molar-refractivity contribution is 1.53. The highest BCUT2D eigenvalue weighted by Crippen LogP contribution is 2.34. The van der Waals surface area contributed by atoms with E-state index in [-0.39, 0.29) is 0 Å². The first-order valence-corrected chi connectivity index (χ1v) is 8.89. The Hall–Kier alpha value is -3.38. The minimum Gasteiger partial charge on any atom is -0.0622 e. The molecule has 4 aromatic carbocycles. The summed E-state index contributed by atoms with van der Waals surface area (Å²) in [6, 6.07) is 40.3. The van der Waals surface area contributed by atoms with Gasteiger partial charge in [-0.2, -0.15) is 0 Å². The van der Waals surface area contributed by atoms with E-state index in [1.54, 1.807) is 0 Å². The van der Waals surface area contributed by atoms with Gasteiger partial charge in [0.1, 0.15) is 0 Å². The van der Waals surface area contributed by atoms with E-state index < -0.39 is 0 Å². The lowest BCUT2D eigenvalue weighted by atomic mass is 9.89. The first-order chi connectivity index (χ1) is 12.9. The molecular formula is C26H20. The van der Waals surface area contributed by atoms with Crippen LogP contribution in [0.5, 0.6) is 0 Å². The average molecular weight is 332 g/mol. The van der Waals surface area contributed by atoms with Gasteiger partial charge in [-0.05, 0) is 39.5 Å². The van der Waals surface area contributed by atoms with E-state index in [0.717, 1.165) is 0 Å². The van der Waals surface area contributed by atoms with Crippen LogP contribution in [-0.2, 0) is 0 Å². The number of benzene rings is 4. The number of hydrogen-bond donors (Lipinski definition) is 0. The van der Waals surface area contributed by atoms with Gasteiger partial charge in [-0.1, -0.05) is 115 Å². The Balaban J connectivity index is 1.93. The molecule has 0 heteroatoms. The fraction of sp³-hybridized carbons (Fsp3) is 0. The summed E-state index contributed by atoms with van der Waals surface area (Å²) >= 11 is 0. The average Bonchev–Trinajstić information content (AvgIpc) is 2.74. The predicted octanol–water partition coefficient (Wildman–Crippen LogP) is 6.94. The molecule has 0 bridgehead atoms. The molecule has 124 valence electrons. The molecule has 0 aliphatic carbocycles. The zero-order valence-electron chi connectivity index (χ0n) is 14.5. The molecular weight excluding hydrogens is 312 g/mol. The van der Waals surface area contributed by atoms with Crippen LogP contribution in [0.15, 0.2) is 115 Å². The summed E-state index contributed by atoms with van der Waals surface area (Å²) in [5.41, 5.74) is 7.39. The molecule has 0 aromatic heterocycles. The molecule has 0 N–H and O–H groups in total. The summed E-state index contributed by atoms with van der Waals surface area (Å²) in [7, 11) is 0. The maximum atomic E-state index is 2.27. The van der Waals surface area contributed by atoms with Gasteiger partial charge in [0, 0.05) is 0 Å².